The minimum Gasteiger partial charge on any atom is -0.363 e. The van der Waals surface area contributed by atoms with E-state index < -0.39 is 0 Å². The number of nitrogens with one attached hydrogen (secondary N) is 2. The number of thiocarbonyl (C=S) groups is 1. The molecule has 0 amide bonds. The number of fused-ring (bicyclic) bond motifs is 1. The molecule has 0 spiro atoms. The van der Waals surface area contributed by atoms with Gasteiger partial charge in [-0.1, -0.05) is 32.3 Å². The highest BCUT2D eigenvalue weighted by molar-refractivity contribution is 7.80. The Bertz CT molecular complexity index is 824. The predicted molar refractivity (Wildman–Crippen MR) is 113 cm³/mol. The molecule has 1 aromatic carbocycles. The van der Waals surface area contributed by atoms with Gasteiger partial charge in [0, 0.05) is 23.7 Å². The SMILES string of the molecule is CCNC(=S)N(Cc1cc2cc(CC)ccc2[nH]c1=O)C1CCCCC1. The first-order valence-corrected chi connectivity index (χ1v) is 10.2. The lowest BCUT2D eigenvalue weighted by molar-refractivity contribution is 0.235. The summed E-state index contributed by atoms with van der Waals surface area (Å²) in [6.45, 7) is 5.57. The molecule has 0 aliphatic heterocycles. The smallest absolute Gasteiger partial charge is 0.253 e. The first-order chi connectivity index (χ1) is 12.6. The fourth-order valence-electron chi connectivity index (χ4n) is 3.83. The van der Waals surface area contributed by atoms with Gasteiger partial charge in [-0.15, -0.1) is 0 Å². The van der Waals surface area contributed by atoms with E-state index in [9.17, 15) is 4.79 Å². The molecule has 1 saturated carbocycles. The Morgan fingerprint density at radius 2 is 2.00 bits per heavy atom. The first kappa shape index (κ1) is 18.9. The molecule has 3 rings (SSSR count). The van der Waals surface area contributed by atoms with Crippen LogP contribution in [0.1, 0.15) is 57.1 Å². The summed E-state index contributed by atoms with van der Waals surface area (Å²) in [6, 6.07) is 8.71. The van der Waals surface area contributed by atoms with Crippen LogP contribution in [-0.4, -0.2) is 27.6 Å². The molecule has 26 heavy (non-hydrogen) atoms. The van der Waals surface area contributed by atoms with E-state index >= 15 is 0 Å². The van der Waals surface area contributed by atoms with Crippen LogP contribution in [0.15, 0.2) is 29.1 Å². The summed E-state index contributed by atoms with van der Waals surface area (Å²) in [5, 5.41) is 5.14. The van der Waals surface area contributed by atoms with Gasteiger partial charge in [0.15, 0.2) is 5.11 Å². The lowest BCUT2D eigenvalue weighted by Gasteiger charge is -2.36. The zero-order valence-corrected chi connectivity index (χ0v) is 16.6. The highest BCUT2D eigenvalue weighted by Crippen LogP contribution is 2.24. The van der Waals surface area contributed by atoms with Crippen LogP contribution >= 0.6 is 12.2 Å². The third-order valence-electron chi connectivity index (χ3n) is 5.34. The molecule has 0 atom stereocenters. The largest absolute Gasteiger partial charge is 0.363 e. The van der Waals surface area contributed by atoms with E-state index in [1.54, 1.807) is 0 Å². The average molecular weight is 372 g/mol. The van der Waals surface area contributed by atoms with E-state index in [4.69, 9.17) is 12.2 Å². The number of H-pyrrole nitrogens is 1. The number of aromatic nitrogens is 1. The Labute approximate surface area is 161 Å². The third kappa shape index (κ3) is 4.26. The molecule has 2 N–H and O–H groups in total. The number of rotatable bonds is 5. The highest BCUT2D eigenvalue weighted by atomic mass is 32.1. The van der Waals surface area contributed by atoms with Gasteiger partial charge in [-0.25, -0.2) is 0 Å². The summed E-state index contributed by atoms with van der Waals surface area (Å²) in [7, 11) is 0. The number of hydrogen-bond acceptors (Lipinski definition) is 2. The number of pyridine rings is 1. The molecule has 1 aliphatic rings. The first-order valence-electron chi connectivity index (χ1n) is 9.81. The molecule has 4 nitrogen and oxygen atoms in total. The molecule has 5 heteroatoms. The Morgan fingerprint density at radius 1 is 1.23 bits per heavy atom. The van der Waals surface area contributed by atoms with Crippen LogP contribution in [0, 0.1) is 0 Å². The molecule has 1 fully saturated rings. The van der Waals surface area contributed by atoms with E-state index in [1.807, 2.05) is 12.1 Å². The van der Waals surface area contributed by atoms with Gasteiger partial charge in [0.1, 0.15) is 0 Å². The van der Waals surface area contributed by atoms with Crippen LogP contribution in [0.4, 0.5) is 0 Å². The van der Waals surface area contributed by atoms with Gasteiger partial charge in [-0.05, 0) is 67.6 Å². The van der Waals surface area contributed by atoms with E-state index in [-0.39, 0.29) is 5.56 Å². The predicted octanol–water partition coefficient (Wildman–Crippen LogP) is 4.12. The van der Waals surface area contributed by atoms with Crippen molar-refractivity contribution in [3.8, 4) is 0 Å². The van der Waals surface area contributed by atoms with Crippen LogP contribution < -0.4 is 10.9 Å². The van der Waals surface area contributed by atoms with E-state index in [0.29, 0.717) is 12.6 Å². The number of nitrogens with zero attached hydrogens (tertiary/aromatic N) is 1. The van der Waals surface area contributed by atoms with Crippen molar-refractivity contribution in [1.82, 2.24) is 15.2 Å². The maximum Gasteiger partial charge on any atom is 0.253 e. The molecular formula is C21H29N3OS. The van der Waals surface area contributed by atoms with Crippen LogP contribution in [0.25, 0.3) is 10.9 Å². The Balaban J connectivity index is 1.92. The maximum atomic E-state index is 12.6. The summed E-state index contributed by atoms with van der Waals surface area (Å²) >= 11 is 5.64. The van der Waals surface area contributed by atoms with E-state index in [1.165, 1.54) is 24.8 Å². The van der Waals surface area contributed by atoms with Gasteiger partial charge in [0.2, 0.25) is 0 Å². The summed E-state index contributed by atoms with van der Waals surface area (Å²) in [4.78, 5) is 17.9. The van der Waals surface area contributed by atoms with E-state index in [0.717, 1.165) is 47.4 Å². The maximum absolute atomic E-state index is 12.6. The second-order valence-corrected chi connectivity index (χ2v) is 7.54. The molecular weight excluding hydrogens is 342 g/mol. The normalized spacial score (nSPS) is 15.2. The van der Waals surface area contributed by atoms with E-state index in [2.05, 4.69) is 41.2 Å². The topological polar surface area (TPSA) is 48.1 Å². The Morgan fingerprint density at radius 3 is 2.69 bits per heavy atom. The van der Waals surface area contributed by atoms with Gasteiger partial charge in [-0.3, -0.25) is 4.79 Å². The molecule has 2 aromatic rings. The molecule has 0 radical (unpaired) electrons. The van der Waals surface area contributed by atoms with Crippen molar-refractivity contribution in [3.05, 3.63) is 45.7 Å². The molecule has 0 saturated heterocycles. The van der Waals surface area contributed by atoms with Gasteiger partial charge in [-0.2, -0.15) is 0 Å². The van der Waals surface area contributed by atoms with Gasteiger partial charge in [0.05, 0.1) is 6.54 Å². The molecule has 1 aromatic heterocycles. The number of hydrogen-bond donors (Lipinski definition) is 2. The second-order valence-electron chi connectivity index (χ2n) is 7.15. The minimum absolute atomic E-state index is 0.0122. The summed E-state index contributed by atoms with van der Waals surface area (Å²) < 4.78 is 0. The lowest BCUT2D eigenvalue weighted by atomic mass is 9.94. The monoisotopic (exact) mass is 371 g/mol. The van der Waals surface area contributed by atoms with Crippen LogP contribution in [0.3, 0.4) is 0 Å². The zero-order valence-electron chi connectivity index (χ0n) is 15.8. The second kappa shape index (κ2) is 8.67. The average Bonchev–Trinajstić information content (AvgIpc) is 2.66. The standard InChI is InChI=1S/C21H29N3OS/c1-3-15-10-11-19-16(12-15)13-17(20(25)23-19)14-24(21(26)22-4-2)18-8-6-5-7-9-18/h10-13,18H,3-9,14H2,1-2H3,(H,22,26)(H,23,25). The van der Waals surface area contributed by atoms with Crippen molar-refractivity contribution < 1.29 is 0 Å². The number of aryl methyl sites for hydroxylation is 1. The fourth-order valence-corrected chi connectivity index (χ4v) is 4.19. The molecule has 1 aliphatic carbocycles. The Hall–Kier alpha value is -1.88. The third-order valence-corrected chi connectivity index (χ3v) is 5.72. The number of benzene rings is 1. The van der Waals surface area contributed by atoms with Crippen LogP contribution in [0.2, 0.25) is 0 Å². The summed E-state index contributed by atoms with van der Waals surface area (Å²) in [5.41, 5.74) is 2.95. The van der Waals surface area contributed by atoms with Crippen molar-refractivity contribution in [2.24, 2.45) is 0 Å². The van der Waals surface area contributed by atoms with Crippen molar-refractivity contribution in [3.63, 3.8) is 0 Å². The fraction of sp³-hybridized carbons (Fsp3) is 0.524. The molecule has 140 valence electrons. The van der Waals surface area contributed by atoms with Crippen molar-refractivity contribution in [2.45, 2.75) is 65.0 Å². The molecule has 1 heterocycles. The molecule has 0 bridgehead atoms. The summed E-state index contributed by atoms with van der Waals surface area (Å²) in [6.07, 6.45) is 7.07. The van der Waals surface area contributed by atoms with Gasteiger partial charge < -0.3 is 15.2 Å². The van der Waals surface area contributed by atoms with Gasteiger partial charge >= 0.3 is 0 Å². The number of aromatic amines is 1. The zero-order chi connectivity index (χ0) is 18.5. The summed E-state index contributed by atoms with van der Waals surface area (Å²) in [5.74, 6) is 0. The quantitative estimate of drug-likeness (QED) is 0.776. The molecule has 0 unspecified atom stereocenters. The van der Waals surface area contributed by atoms with Crippen LogP contribution in [0.5, 0.6) is 0 Å². The Kier molecular flexibility index (Phi) is 6.30. The highest BCUT2D eigenvalue weighted by Gasteiger charge is 2.24. The van der Waals surface area contributed by atoms with Crippen molar-refractivity contribution in [1.29, 1.82) is 0 Å². The van der Waals surface area contributed by atoms with Crippen molar-refractivity contribution in [2.75, 3.05) is 6.54 Å². The van der Waals surface area contributed by atoms with Crippen molar-refractivity contribution >= 4 is 28.2 Å². The minimum atomic E-state index is -0.0122. The lowest BCUT2D eigenvalue weighted by Crippen LogP contribution is -2.47. The van der Waals surface area contributed by atoms with Crippen LogP contribution in [-0.2, 0) is 13.0 Å². The van der Waals surface area contributed by atoms with Gasteiger partial charge in [0.25, 0.3) is 5.56 Å².